The van der Waals surface area contributed by atoms with E-state index in [-0.39, 0.29) is 12.5 Å². The molecule has 3 nitrogen and oxygen atoms in total. The number of hydrogen-bond acceptors (Lipinski definition) is 2. The number of hydrogen-bond donors (Lipinski definition) is 0. The van der Waals surface area contributed by atoms with Crippen LogP contribution in [0.3, 0.4) is 0 Å². The maximum Gasteiger partial charge on any atom is 0.264 e. The molecule has 3 rings (SSSR count). The highest BCUT2D eigenvalue weighted by Gasteiger charge is 2.24. The second kappa shape index (κ2) is 5.67. The van der Waals surface area contributed by atoms with E-state index in [0.717, 1.165) is 28.9 Å². The van der Waals surface area contributed by atoms with Crippen molar-refractivity contribution < 1.29 is 9.53 Å². The van der Waals surface area contributed by atoms with Gasteiger partial charge in [0, 0.05) is 16.7 Å². The maximum absolute atomic E-state index is 12.3. The highest BCUT2D eigenvalue weighted by molar-refractivity contribution is 9.10. The van der Waals surface area contributed by atoms with Crippen LogP contribution < -0.4 is 9.64 Å². The van der Waals surface area contributed by atoms with Crippen molar-refractivity contribution in [3.05, 3.63) is 58.6 Å². The Balaban J connectivity index is 1.68. The summed E-state index contributed by atoms with van der Waals surface area (Å²) < 4.78 is 6.57. The first kappa shape index (κ1) is 13.2. The molecule has 102 valence electrons. The summed E-state index contributed by atoms with van der Waals surface area (Å²) in [6.45, 7) is 0.794. The van der Waals surface area contributed by atoms with Gasteiger partial charge in [0.15, 0.2) is 6.61 Å². The molecule has 1 aliphatic rings. The summed E-state index contributed by atoms with van der Waals surface area (Å²) in [6, 6.07) is 15.4. The summed E-state index contributed by atoms with van der Waals surface area (Å²) in [5, 5.41) is 0. The van der Waals surface area contributed by atoms with E-state index in [4.69, 9.17) is 4.74 Å². The molecule has 0 N–H and O–H groups in total. The van der Waals surface area contributed by atoms with E-state index in [2.05, 4.69) is 22.0 Å². The number of nitrogens with zero attached hydrogens (tertiary/aromatic N) is 1. The number of benzene rings is 2. The molecule has 1 amide bonds. The Labute approximate surface area is 126 Å². The van der Waals surface area contributed by atoms with E-state index < -0.39 is 0 Å². The summed E-state index contributed by atoms with van der Waals surface area (Å²) in [5.41, 5.74) is 2.20. The predicted molar refractivity (Wildman–Crippen MR) is 82.1 cm³/mol. The molecule has 0 unspecified atom stereocenters. The second-order valence-electron chi connectivity index (χ2n) is 4.67. The quantitative estimate of drug-likeness (QED) is 0.862. The number of anilines is 1. The lowest BCUT2D eigenvalue weighted by Gasteiger charge is -2.17. The third kappa shape index (κ3) is 2.70. The van der Waals surface area contributed by atoms with Crippen molar-refractivity contribution in [3.8, 4) is 5.75 Å². The van der Waals surface area contributed by atoms with Crippen molar-refractivity contribution in [3.63, 3.8) is 0 Å². The largest absolute Gasteiger partial charge is 0.484 e. The molecule has 1 heterocycles. The van der Waals surface area contributed by atoms with E-state index in [1.807, 2.05) is 42.5 Å². The number of halogens is 1. The zero-order valence-corrected chi connectivity index (χ0v) is 12.5. The molecule has 0 atom stereocenters. The standard InChI is InChI=1S/C16H14BrNO2/c17-13-6-7-15-12(10-13)8-9-18(15)16(19)11-20-14-4-2-1-3-5-14/h1-7,10H,8-9,11H2. The number of carbonyl (C=O) groups excluding carboxylic acids is 1. The fraction of sp³-hybridized carbons (Fsp3) is 0.188. The topological polar surface area (TPSA) is 29.5 Å². The third-order valence-corrected chi connectivity index (χ3v) is 3.84. The van der Waals surface area contributed by atoms with E-state index >= 15 is 0 Å². The molecule has 4 heteroatoms. The minimum absolute atomic E-state index is 0.00470. The zero-order chi connectivity index (χ0) is 13.9. The molecule has 0 radical (unpaired) electrons. The van der Waals surface area contributed by atoms with Gasteiger partial charge in [-0.25, -0.2) is 0 Å². The van der Waals surface area contributed by atoms with Crippen LogP contribution in [-0.2, 0) is 11.2 Å². The highest BCUT2D eigenvalue weighted by atomic mass is 79.9. The minimum Gasteiger partial charge on any atom is -0.484 e. The Hall–Kier alpha value is -1.81. The molecule has 0 aromatic heterocycles. The van der Waals surface area contributed by atoms with Gasteiger partial charge in [0.1, 0.15) is 5.75 Å². The summed E-state index contributed by atoms with van der Waals surface area (Å²) in [5.74, 6) is 0.714. The number of carbonyl (C=O) groups is 1. The molecule has 20 heavy (non-hydrogen) atoms. The van der Waals surface area contributed by atoms with Crippen LogP contribution >= 0.6 is 15.9 Å². The first-order chi connectivity index (χ1) is 9.74. The SMILES string of the molecule is O=C(COc1ccccc1)N1CCc2cc(Br)ccc21. The minimum atomic E-state index is -0.00470. The number of amides is 1. The predicted octanol–water partition coefficient (Wildman–Crippen LogP) is 3.42. The monoisotopic (exact) mass is 331 g/mol. The van der Waals surface area contributed by atoms with Gasteiger partial charge < -0.3 is 9.64 Å². The van der Waals surface area contributed by atoms with E-state index in [0.29, 0.717) is 0 Å². The lowest BCUT2D eigenvalue weighted by atomic mass is 10.2. The fourth-order valence-electron chi connectivity index (χ4n) is 2.37. The van der Waals surface area contributed by atoms with Crippen LogP contribution in [-0.4, -0.2) is 19.1 Å². The Kier molecular flexibility index (Phi) is 3.74. The average Bonchev–Trinajstić information content (AvgIpc) is 2.89. The van der Waals surface area contributed by atoms with Crippen LogP contribution in [0.1, 0.15) is 5.56 Å². The Bertz CT molecular complexity index is 628. The number of ether oxygens (including phenoxy) is 1. The fourth-order valence-corrected chi connectivity index (χ4v) is 2.78. The van der Waals surface area contributed by atoms with Crippen LogP contribution in [0.4, 0.5) is 5.69 Å². The van der Waals surface area contributed by atoms with Crippen molar-refractivity contribution in [1.82, 2.24) is 0 Å². The smallest absolute Gasteiger partial charge is 0.264 e. The van der Waals surface area contributed by atoms with E-state index in [9.17, 15) is 4.79 Å². The van der Waals surface area contributed by atoms with Crippen molar-refractivity contribution >= 4 is 27.5 Å². The first-order valence-corrected chi connectivity index (χ1v) is 7.30. The van der Waals surface area contributed by atoms with Crippen LogP contribution in [0.15, 0.2) is 53.0 Å². The van der Waals surface area contributed by atoms with Crippen molar-refractivity contribution in [2.75, 3.05) is 18.1 Å². The first-order valence-electron chi connectivity index (χ1n) is 6.51. The molecule has 0 saturated heterocycles. The van der Waals surface area contributed by atoms with Gasteiger partial charge in [-0.1, -0.05) is 34.1 Å². The molecule has 2 aromatic carbocycles. The summed E-state index contributed by atoms with van der Waals surface area (Å²) in [7, 11) is 0. The van der Waals surface area contributed by atoms with Crippen molar-refractivity contribution in [2.45, 2.75) is 6.42 Å². The van der Waals surface area contributed by atoms with Crippen LogP contribution in [0.2, 0.25) is 0 Å². The molecule has 2 aromatic rings. The Morgan fingerprint density at radius 1 is 1.20 bits per heavy atom. The van der Waals surface area contributed by atoms with Gasteiger partial charge >= 0.3 is 0 Å². The van der Waals surface area contributed by atoms with Crippen molar-refractivity contribution in [1.29, 1.82) is 0 Å². The van der Waals surface area contributed by atoms with E-state index in [1.165, 1.54) is 5.56 Å². The summed E-state index contributed by atoms with van der Waals surface area (Å²) in [4.78, 5) is 14.1. The number of rotatable bonds is 3. The molecular weight excluding hydrogens is 318 g/mol. The summed E-state index contributed by atoms with van der Waals surface area (Å²) >= 11 is 3.46. The average molecular weight is 332 g/mol. The van der Waals surface area contributed by atoms with Crippen LogP contribution in [0.5, 0.6) is 5.75 Å². The lowest BCUT2D eigenvalue weighted by molar-refractivity contribution is -0.120. The van der Waals surface area contributed by atoms with Gasteiger partial charge in [0.2, 0.25) is 0 Å². The van der Waals surface area contributed by atoms with Gasteiger partial charge in [0.05, 0.1) is 0 Å². The molecule has 0 fully saturated rings. The van der Waals surface area contributed by atoms with Gasteiger partial charge in [-0.3, -0.25) is 4.79 Å². The van der Waals surface area contributed by atoms with Crippen LogP contribution in [0.25, 0.3) is 0 Å². The molecule has 0 aliphatic carbocycles. The zero-order valence-electron chi connectivity index (χ0n) is 10.9. The summed E-state index contributed by atoms with van der Waals surface area (Å²) in [6.07, 6.45) is 0.895. The third-order valence-electron chi connectivity index (χ3n) is 3.34. The molecule has 0 spiro atoms. The highest BCUT2D eigenvalue weighted by Crippen LogP contribution is 2.30. The number of fused-ring (bicyclic) bond motifs is 1. The van der Waals surface area contributed by atoms with Gasteiger partial charge in [0.25, 0.3) is 5.91 Å². The Morgan fingerprint density at radius 2 is 2.00 bits per heavy atom. The lowest BCUT2D eigenvalue weighted by Crippen LogP contribution is -2.33. The van der Waals surface area contributed by atoms with Gasteiger partial charge in [-0.05, 0) is 42.3 Å². The van der Waals surface area contributed by atoms with Crippen molar-refractivity contribution in [2.24, 2.45) is 0 Å². The maximum atomic E-state index is 12.3. The number of para-hydroxylation sites is 1. The molecule has 0 saturated carbocycles. The van der Waals surface area contributed by atoms with Crippen LogP contribution in [0, 0.1) is 0 Å². The molecule has 1 aliphatic heterocycles. The Morgan fingerprint density at radius 3 is 2.80 bits per heavy atom. The molecular formula is C16H14BrNO2. The normalized spacial score (nSPS) is 13.2. The second-order valence-corrected chi connectivity index (χ2v) is 5.59. The van der Waals surface area contributed by atoms with E-state index in [1.54, 1.807) is 4.90 Å². The van der Waals surface area contributed by atoms with Gasteiger partial charge in [-0.15, -0.1) is 0 Å². The van der Waals surface area contributed by atoms with Gasteiger partial charge in [-0.2, -0.15) is 0 Å². The molecule has 0 bridgehead atoms.